The fraction of sp³-hybridized carbons (Fsp3) is 0.294. The third kappa shape index (κ3) is 3.44. The van der Waals surface area contributed by atoms with Crippen molar-refractivity contribution in [1.29, 1.82) is 0 Å². The van der Waals surface area contributed by atoms with Gasteiger partial charge < -0.3 is 15.2 Å². The highest BCUT2D eigenvalue weighted by atomic mass is 16.5. The van der Waals surface area contributed by atoms with E-state index in [1.54, 1.807) is 0 Å². The van der Waals surface area contributed by atoms with Gasteiger partial charge in [0.15, 0.2) is 0 Å². The third-order valence-electron chi connectivity index (χ3n) is 3.17. The predicted octanol–water partition coefficient (Wildman–Crippen LogP) is 3.65. The molecule has 2 aromatic rings. The fourth-order valence-electron chi connectivity index (χ4n) is 2.09. The molecule has 0 aliphatic heterocycles. The summed E-state index contributed by atoms with van der Waals surface area (Å²) in [5, 5.41) is 0. The normalized spacial score (nSPS) is 10.3. The summed E-state index contributed by atoms with van der Waals surface area (Å²) in [4.78, 5) is 0. The van der Waals surface area contributed by atoms with Crippen molar-refractivity contribution in [3.8, 4) is 11.5 Å². The molecular weight excluding hydrogens is 250 g/mol. The number of ether oxygens (including phenoxy) is 2. The molecule has 0 amide bonds. The number of para-hydroxylation sites is 1. The Balaban J connectivity index is 1.89. The van der Waals surface area contributed by atoms with Gasteiger partial charge in [0.05, 0.1) is 5.69 Å². The number of rotatable bonds is 5. The second-order valence-corrected chi connectivity index (χ2v) is 4.96. The van der Waals surface area contributed by atoms with Gasteiger partial charge in [-0.25, -0.2) is 0 Å². The van der Waals surface area contributed by atoms with Crippen LogP contribution in [-0.2, 0) is 0 Å². The summed E-state index contributed by atoms with van der Waals surface area (Å²) >= 11 is 0. The van der Waals surface area contributed by atoms with E-state index in [9.17, 15) is 0 Å². The maximum Gasteiger partial charge on any atom is 0.142 e. The summed E-state index contributed by atoms with van der Waals surface area (Å²) in [6.07, 6.45) is 0. The van der Waals surface area contributed by atoms with Crippen LogP contribution in [-0.4, -0.2) is 13.2 Å². The van der Waals surface area contributed by atoms with Crippen molar-refractivity contribution in [2.45, 2.75) is 20.8 Å². The number of aryl methyl sites for hydroxylation is 3. The Kier molecular flexibility index (Phi) is 4.51. The summed E-state index contributed by atoms with van der Waals surface area (Å²) < 4.78 is 11.5. The summed E-state index contributed by atoms with van der Waals surface area (Å²) in [5.74, 6) is 1.66. The maximum absolute atomic E-state index is 5.87. The van der Waals surface area contributed by atoms with Crippen LogP contribution in [0.3, 0.4) is 0 Å². The topological polar surface area (TPSA) is 44.5 Å². The van der Waals surface area contributed by atoms with Gasteiger partial charge in [-0.2, -0.15) is 0 Å². The number of nitrogens with two attached hydrogens (primary N) is 1. The zero-order valence-electron chi connectivity index (χ0n) is 12.3. The zero-order chi connectivity index (χ0) is 14.5. The van der Waals surface area contributed by atoms with Crippen molar-refractivity contribution in [2.24, 2.45) is 0 Å². The molecule has 106 valence electrons. The third-order valence-corrected chi connectivity index (χ3v) is 3.17. The molecule has 3 nitrogen and oxygen atoms in total. The molecule has 0 aliphatic rings. The highest BCUT2D eigenvalue weighted by Crippen LogP contribution is 2.24. The van der Waals surface area contributed by atoms with Gasteiger partial charge in [0.2, 0.25) is 0 Å². The molecule has 2 aromatic carbocycles. The zero-order valence-corrected chi connectivity index (χ0v) is 12.3. The molecule has 0 saturated carbocycles. The van der Waals surface area contributed by atoms with Crippen LogP contribution in [0.1, 0.15) is 16.7 Å². The summed E-state index contributed by atoms with van der Waals surface area (Å²) in [5.41, 5.74) is 9.93. The van der Waals surface area contributed by atoms with E-state index in [1.807, 2.05) is 57.2 Å². The van der Waals surface area contributed by atoms with E-state index in [1.165, 1.54) is 0 Å². The SMILES string of the molecule is Cc1ccc(N)c(OCCOc2c(C)cccc2C)c1. The Labute approximate surface area is 120 Å². The van der Waals surface area contributed by atoms with E-state index in [2.05, 4.69) is 0 Å². The van der Waals surface area contributed by atoms with E-state index in [0.717, 1.165) is 28.2 Å². The second-order valence-electron chi connectivity index (χ2n) is 4.96. The highest BCUT2D eigenvalue weighted by molar-refractivity contribution is 5.53. The van der Waals surface area contributed by atoms with Gasteiger partial charge in [-0.3, -0.25) is 0 Å². The first kappa shape index (κ1) is 14.3. The molecule has 0 unspecified atom stereocenters. The molecule has 0 spiro atoms. The summed E-state index contributed by atoms with van der Waals surface area (Å²) in [6, 6.07) is 11.9. The van der Waals surface area contributed by atoms with Gasteiger partial charge in [-0.05, 0) is 49.6 Å². The van der Waals surface area contributed by atoms with Crippen LogP contribution in [0.15, 0.2) is 36.4 Å². The van der Waals surface area contributed by atoms with Crippen molar-refractivity contribution in [1.82, 2.24) is 0 Å². The average Bonchev–Trinajstić information content (AvgIpc) is 2.41. The fourth-order valence-corrected chi connectivity index (χ4v) is 2.09. The lowest BCUT2D eigenvalue weighted by Gasteiger charge is -2.13. The van der Waals surface area contributed by atoms with Crippen LogP contribution < -0.4 is 15.2 Å². The quantitative estimate of drug-likeness (QED) is 0.667. The van der Waals surface area contributed by atoms with Crippen molar-refractivity contribution >= 4 is 5.69 Å². The van der Waals surface area contributed by atoms with E-state index >= 15 is 0 Å². The monoisotopic (exact) mass is 271 g/mol. The molecule has 0 saturated heterocycles. The Hall–Kier alpha value is -2.16. The molecule has 0 radical (unpaired) electrons. The highest BCUT2D eigenvalue weighted by Gasteiger charge is 2.04. The average molecular weight is 271 g/mol. The summed E-state index contributed by atoms with van der Waals surface area (Å²) in [6.45, 7) is 7.07. The lowest BCUT2D eigenvalue weighted by atomic mass is 10.1. The molecule has 0 fully saturated rings. The predicted molar refractivity (Wildman–Crippen MR) is 82.5 cm³/mol. The van der Waals surface area contributed by atoms with Gasteiger partial charge in [-0.1, -0.05) is 24.3 Å². The molecular formula is C17H21NO2. The largest absolute Gasteiger partial charge is 0.489 e. The van der Waals surface area contributed by atoms with Crippen LogP contribution in [0.2, 0.25) is 0 Å². The van der Waals surface area contributed by atoms with Gasteiger partial charge in [0.25, 0.3) is 0 Å². The Bertz CT molecular complexity index is 573. The van der Waals surface area contributed by atoms with Crippen LogP contribution in [0.4, 0.5) is 5.69 Å². The van der Waals surface area contributed by atoms with Crippen LogP contribution in [0, 0.1) is 20.8 Å². The molecule has 0 heterocycles. The first-order valence-corrected chi connectivity index (χ1v) is 6.76. The Morgan fingerprint density at radius 1 is 0.900 bits per heavy atom. The number of hydrogen-bond donors (Lipinski definition) is 1. The Morgan fingerprint density at radius 3 is 2.25 bits per heavy atom. The van der Waals surface area contributed by atoms with Crippen molar-refractivity contribution in [3.05, 3.63) is 53.1 Å². The minimum absolute atomic E-state index is 0.474. The lowest BCUT2D eigenvalue weighted by Crippen LogP contribution is -2.11. The number of benzene rings is 2. The smallest absolute Gasteiger partial charge is 0.142 e. The maximum atomic E-state index is 5.87. The standard InChI is InChI=1S/C17H21NO2/c1-12-7-8-15(18)16(11-12)19-9-10-20-17-13(2)5-4-6-14(17)3/h4-8,11H,9-10,18H2,1-3H3. The van der Waals surface area contributed by atoms with Crippen molar-refractivity contribution < 1.29 is 9.47 Å². The number of nitrogen functional groups attached to an aromatic ring is 1. The minimum atomic E-state index is 0.474. The number of hydrogen-bond acceptors (Lipinski definition) is 3. The number of anilines is 1. The van der Waals surface area contributed by atoms with Gasteiger partial charge >= 0.3 is 0 Å². The molecule has 0 atom stereocenters. The van der Waals surface area contributed by atoms with Gasteiger partial charge in [0.1, 0.15) is 24.7 Å². The minimum Gasteiger partial charge on any atom is -0.489 e. The van der Waals surface area contributed by atoms with Crippen LogP contribution in [0.5, 0.6) is 11.5 Å². The molecule has 0 aromatic heterocycles. The molecule has 20 heavy (non-hydrogen) atoms. The van der Waals surface area contributed by atoms with E-state index in [4.69, 9.17) is 15.2 Å². The second kappa shape index (κ2) is 6.33. The summed E-state index contributed by atoms with van der Waals surface area (Å²) in [7, 11) is 0. The lowest BCUT2D eigenvalue weighted by molar-refractivity contribution is 0.216. The van der Waals surface area contributed by atoms with Crippen LogP contribution in [0.25, 0.3) is 0 Å². The van der Waals surface area contributed by atoms with Crippen LogP contribution >= 0.6 is 0 Å². The first-order valence-electron chi connectivity index (χ1n) is 6.76. The van der Waals surface area contributed by atoms with Gasteiger partial charge in [0, 0.05) is 0 Å². The van der Waals surface area contributed by atoms with Gasteiger partial charge in [-0.15, -0.1) is 0 Å². The van der Waals surface area contributed by atoms with E-state index in [0.29, 0.717) is 18.9 Å². The molecule has 3 heteroatoms. The Morgan fingerprint density at radius 2 is 1.55 bits per heavy atom. The van der Waals surface area contributed by atoms with E-state index in [-0.39, 0.29) is 0 Å². The first-order chi connectivity index (χ1) is 9.58. The molecule has 2 rings (SSSR count). The molecule has 0 bridgehead atoms. The van der Waals surface area contributed by atoms with Crippen molar-refractivity contribution in [3.63, 3.8) is 0 Å². The van der Waals surface area contributed by atoms with E-state index < -0.39 is 0 Å². The molecule has 0 aliphatic carbocycles. The van der Waals surface area contributed by atoms with Crippen molar-refractivity contribution in [2.75, 3.05) is 18.9 Å². The molecule has 2 N–H and O–H groups in total.